The maximum atomic E-state index is 10.8. The number of hydrogen-bond acceptors (Lipinski definition) is 5. The van der Waals surface area contributed by atoms with Gasteiger partial charge in [-0.05, 0) is 18.9 Å². The van der Waals surface area contributed by atoms with Gasteiger partial charge in [0.05, 0.1) is 11.0 Å². The molecule has 0 saturated carbocycles. The summed E-state index contributed by atoms with van der Waals surface area (Å²) in [5, 5.41) is 14.4. The predicted octanol–water partition coefficient (Wildman–Crippen LogP) is -3.27. The molecular formula is C9H11N2NaO2S. The Bertz CT molecular complexity index is 392. The van der Waals surface area contributed by atoms with Crippen LogP contribution in [0.1, 0.15) is 27.7 Å². The van der Waals surface area contributed by atoms with E-state index in [9.17, 15) is 9.90 Å². The fraction of sp³-hybridized carbons (Fsp3) is 0.444. The first-order valence-electron chi connectivity index (χ1n) is 4.44. The molecule has 0 aromatic carbocycles. The van der Waals surface area contributed by atoms with Crippen molar-refractivity contribution in [1.29, 1.82) is 0 Å². The maximum absolute atomic E-state index is 10.8. The third-order valence-electron chi connectivity index (χ3n) is 2.44. The molecule has 1 aliphatic heterocycles. The van der Waals surface area contributed by atoms with Crippen LogP contribution in [0.25, 0.3) is 0 Å². The summed E-state index contributed by atoms with van der Waals surface area (Å²) in [5.41, 5.74) is 6.63. The van der Waals surface area contributed by atoms with Crippen LogP contribution in [0.5, 0.6) is 0 Å². The van der Waals surface area contributed by atoms with E-state index in [4.69, 9.17) is 5.73 Å². The number of aromatic carboxylic acids is 1. The summed E-state index contributed by atoms with van der Waals surface area (Å²) < 4.78 is 0. The van der Waals surface area contributed by atoms with E-state index in [1.165, 1.54) is 11.3 Å². The van der Waals surface area contributed by atoms with E-state index in [-0.39, 0.29) is 35.1 Å². The Morgan fingerprint density at radius 2 is 2.33 bits per heavy atom. The van der Waals surface area contributed by atoms with Crippen molar-refractivity contribution in [2.24, 2.45) is 0 Å². The number of carboxylic acid groups (broad SMARTS) is 1. The number of carbonyl (C=O) groups is 1. The first kappa shape index (κ1) is 13.0. The van der Waals surface area contributed by atoms with Crippen molar-refractivity contribution < 1.29 is 39.5 Å². The van der Waals surface area contributed by atoms with Gasteiger partial charge in [-0.15, -0.1) is 11.3 Å². The Balaban J connectivity index is 0.00000112. The number of nitrogens with one attached hydrogen (secondary N) is 1. The molecule has 4 nitrogen and oxygen atoms in total. The van der Waals surface area contributed by atoms with E-state index in [2.05, 4.69) is 12.2 Å². The summed E-state index contributed by atoms with van der Waals surface area (Å²) in [5.74, 6) is -1.17. The summed E-state index contributed by atoms with van der Waals surface area (Å²) in [6, 6.07) is 0.384. The second-order valence-electron chi connectivity index (χ2n) is 3.52. The van der Waals surface area contributed by atoms with Crippen LogP contribution in [0.4, 0.5) is 5.00 Å². The molecule has 0 radical (unpaired) electrons. The Morgan fingerprint density at radius 1 is 1.67 bits per heavy atom. The zero-order chi connectivity index (χ0) is 10.3. The van der Waals surface area contributed by atoms with Crippen molar-refractivity contribution >= 4 is 22.3 Å². The van der Waals surface area contributed by atoms with Gasteiger partial charge < -0.3 is 21.0 Å². The molecule has 0 spiro atoms. The molecule has 6 heteroatoms. The summed E-state index contributed by atoms with van der Waals surface area (Å²) in [4.78, 5) is 11.9. The smallest absolute Gasteiger partial charge is 0.545 e. The van der Waals surface area contributed by atoms with E-state index in [1.54, 1.807) is 0 Å². The second-order valence-corrected chi connectivity index (χ2v) is 4.65. The number of rotatable bonds is 1. The largest absolute Gasteiger partial charge is 1.00 e. The van der Waals surface area contributed by atoms with Crippen molar-refractivity contribution in [3.05, 3.63) is 16.0 Å². The second kappa shape index (κ2) is 4.84. The van der Waals surface area contributed by atoms with E-state index >= 15 is 0 Å². The van der Waals surface area contributed by atoms with Gasteiger partial charge in [0.25, 0.3) is 0 Å². The van der Waals surface area contributed by atoms with Crippen molar-refractivity contribution in [3.63, 3.8) is 0 Å². The molecule has 0 bridgehead atoms. The summed E-state index contributed by atoms with van der Waals surface area (Å²) in [6.07, 6.45) is 0.845. The summed E-state index contributed by atoms with van der Waals surface area (Å²) in [7, 11) is 0. The SMILES string of the molecule is CC1Cc2sc(N)c(C(=O)[O-])c2CN1.[Na+]. The van der Waals surface area contributed by atoms with Gasteiger partial charge in [-0.25, -0.2) is 0 Å². The molecule has 1 aromatic heterocycles. The number of nitrogens with two attached hydrogens (primary N) is 1. The van der Waals surface area contributed by atoms with Crippen molar-refractivity contribution in [1.82, 2.24) is 5.32 Å². The third kappa shape index (κ3) is 2.37. The Kier molecular flexibility index (Phi) is 4.20. The van der Waals surface area contributed by atoms with Crippen LogP contribution in [-0.4, -0.2) is 12.0 Å². The summed E-state index contributed by atoms with van der Waals surface area (Å²) in [6.45, 7) is 2.64. The van der Waals surface area contributed by atoms with Crippen LogP contribution in [0, 0.1) is 0 Å². The fourth-order valence-electron chi connectivity index (χ4n) is 1.74. The number of carbonyl (C=O) groups excluding carboxylic acids is 1. The van der Waals surface area contributed by atoms with Gasteiger partial charge in [-0.3, -0.25) is 0 Å². The molecule has 2 heterocycles. The molecular weight excluding hydrogens is 223 g/mol. The van der Waals surface area contributed by atoms with Crippen molar-refractivity contribution in [2.75, 3.05) is 5.73 Å². The van der Waals surface area contributed by atoms with Crippen LogP contribution >= 0.6 is 11.3 Å². The quantitative estimate of drug-likeness (QED) is 0.500. The Hall–Kier alpha value is -0.0700. The predicted molar refractivity (Wildman–Crippen MR) is 53.1 cm³/mol. The zero-order valence-electron chi connectivity index (χ0n) is 8.79. The number of anilines is 1. The number of hydrogen-bond donors (Lipinski definition) is 2. The van der Waals surface area contributed by atoms with Crippen LogP contribution in [0.2, 0.25) is 0 Å². The summed E-state index contributed by atoms with van der Waals surface area (Å²) >= 11 is 1.37. The molecule has 76 valence electrons. The van der Waals surface area contributed by atoms with Gasteiger partial charge in [0.1, 0.15) is 0 Å². The molecule has 3 N–H and O–H groups in total. The topological polar surface area (TPSA) is 78.2 Å². The number of thiophene rings is 1. The molecule has 0 fully saturated rings. The van der Waals surface area contributed by atoms with Crippen molar-refractivity contribution in [3.8, 4) is 0 Å². The first-order valence-corrected chi connectivity index (χ1v) is 5.26. The van der Waals surface area contributed by atoms with Crippen LogP contribution in [-0.2, 0) is 13.0 Å². The average molecular weight is 234 g/mol. The number of carboxylic acids is 1. The van der Waals surface area contributed by atoms with Gasteiger partial charge in [-0.1, -0.05) is 0 Å². The zero-order valence-corrected chi connectivity index (χ0v) is 11.6. The maximum Gasteiger partial charge on any atom is 1.00 e. The average Bonchev–Trinajstić information content (AvgIpc) is 2.39. The van der Waals surface area contributed by atoms with Gasteiger partial charge in [0.2, 0.25) is 0 Å². The number of fused-ring (bicyclic) bond motifs is 1. The fourth-order valence-corrected chi connectivity index (χ4v) is 2.94. The third-order valence-corrected chi connectivity index (χ3v) is 3.52. The normalized spacial score (nSPS) is 19.1. The van der Waals surface area contributed by atoms with Gasteiger partial charge >= 0.3 is 29.6 Å². The van der Waals surface area contributed by atoms with Gasteiger partial charge in [-0.2, -0.15) is 0 Å². The van der Waals surface area contributed by atoms with E-state index in [0.717, 1.165) is 16.9 Å². The molecule has 1 aliphatic rings. The molecule has 0 amide bonds. The molecule has 1 aromatic rings. The minimum atomic E-state index is -1.17. The van der Waals surface area contributed by atoms with E-state index in [1.807, 2.05) is 0 Å². The molecule has 1 unspecified atom stereocenters. The minimum absolute atomic E-state index is 0. The minimum Gasteiger partial charge on any atom is -0.545 e. The van der Waals surface area contributed by atoms with Gasteiger partial charge in [0, 0.05) is 23.0 Å². The van der Waals surface area contributed by atoms with Gasteiger partial charge in [0.15, 0.2) is 0 Å². The van der Waals surface area contributed by atoms with E-state index < -0.39 is 5.97 Å². The van der Waals surface area contributed by atoms with E-state index in [0.29, 0.717) is 17.6 Å². The molecule has 2 rings (SSSR count). The van der Waals surface area contributed by atoms with Crippen LogP contribution in [0.15, 0.2) is 0 Å². The molecule has 0 saturated heterocycles. The monoisotopic (exact) mass is 234 g/mol. The molecule has 15 heavy (non-hydrogen) atoms. The van der Waals surface area contributed by atoms with Crippen LogP contribution < -0.4 is 45.7 Å². The van der Waals surface area contributed by atoms with Crippen molar-refractivity contribution in [2.45, 2.75) is 25.9 Å². The number of nitrogen functional groups attached to an aromatic ring is 1. The Labute approximate surface area is 114 Å². The molecule has 0 aliphatic carbocycles. The first-order chi connectivity index (χ1) is 6.59. The van der Waals surface area contributed by atoms with Crippen LogP contribution in [0.3, 0.4) is 0 Å². The Morgan fingerprint density at radius 3 is 2.93 bits per heavy atom. The molecule has 1 atom stereocenters. The standard InChI is InChI=1S/C9H12N2O2S.Na/c1-4-2-6-5(3-11-4)7(9(12)13)8(10)14-6;/h4,11H,2-3,10H2,1H3,(H,12,13);/q;+1/p-1.